The van der Waals surface area contributed by atoms with Crippen LogP contribution in [0.3, 0.4) is 0 Å². The van der Waals surface area contributed by atoms with E-state index in [1.807, 2.05) is 24.9 Å². The molecule has 0 fully saturated rings. The lowest BCUT2D eigenvalue weighted by Gasteiger charge is -2.26. The van der Waals surface area contributed by atoms with Gasteiger partial charge < -0.3 is 14.6 Å². The van der Waals surface area contributed by atoms with Crippen molar-refractivity contribution in [3.8, 4) is 11.8 Å². The topological polar surface area (TPSA) is 65.7 Å². The van der Waals surface area contributed by atoms with Crippen molar-refractivity contribution in [2.24, 2.45) is 0 Å². The van der Waals surface area contributed by atoms with Gasteiger partial charge in [-0.15, -0.1) is 0 Å². The SMILES string of the molecule is COCC(C)N(C)CC(O)COc1ccc(C#N)cc1. The average molecular weight is 278 g/mol. The van der Waals surface area contributed by atoms with E-state index in [1.165, 1.54) is 0 Å². The highest BCUT2D eigenvalue weighted by molar-refractivity contribution is 5.34. The number of hydrogen-bond acceptors (Lipinski definition) is 5. The molecule has 0 aliphatic rings. The second-order valence-electron chi connectivity index (χ2n) is 4.84. The van der Waals surface area contributed by atoms with E-state index in [4.69, 9.17) is 14.7 Å². The van der Waals surface area contributed by atoms with Crippen LogP contribution >= 0.6 is 0 Å². The Bertz CT molecular complexity index is 428. The summed E-state index contributed by atoms with van der Waals surface area (Å²) in [4.78, 5) is 2.02. The predicted octanol–water partition coefficient (Wildman–Crippen LogP) is 1.26. The molecule has 0 saturated carbocycles. The van der Waals surface area contributed by atoms with Crippen LogP contribution in [0.25, 0.3) is 0 Å². The molecule has 110 valence electrons. The summed E-state index contributed by atoms with van der Waals surface area (Å²) >= 11 is 0. The number of aliphatic hydroxyl groups excluding tert-OH is 1. The smallest absolute Gasteiger partial charge is 0.119 e. The highest BCUT2D eigenvalue weighted by Crippen LogP contribution is 2.12. The molecule has 2 atom stereocenters. The van der Waals surface area contributed by atoms with Crippen LogP contribution in [0.4, 0.5) is 0 Å². The first-order valence-electron chi connectivity index (χ1n) is 6.57. The third kappa shape index (κ3) is 5.57. The molecule has 0 amide bonds. The van der Waals surface area contributed by atoms with Crippen LogP contribution < -0.4 is 4.74 Å². The number of nitriles is 1. The number of rotatable bonds is 8. The molecule has 0 bridgehead atoms. The van der Waals surface area contributed by atoms with Gasteiger partial charge in [0, 0.05) is 19.7 Å². The Labute approximate surface area is 120 Å². The highest BCUT2D eigenvalue weighted by Gasteiger charge is 2.14. The third-order valence-electron chi connectivity index (χ3n) is 3.08. The maximum Gasteiger partial charge on any atom is 0.119 e. The molecular weight excluding hydrogens is 256 g/mol. The number of hydrogen-bond donors (Lipinski definition) is 1. The van der Waals surface area contributed by atoms with Crippen LogP contribution in [-0.4, -0.2) is 56.1 Å². The van der Waals surface area contributed by atoms with Gasteiger partial charge in [-0.3, -0.25) is 4.90 Å². The van der Waals surface area contributed by atoms with Gasteiger partial charge in [-0.05, 0) is 38.2 Å². The van der Waals surface area contributed by atoms with E-state index in [1.54, 1.807) is 31.4 Å². The van der Waals surface area contributed by atoms with Crippen molar-refractivity contribution in [2.45, 2.75) is 19.1 Å². The van der Waals surface area contributed by atoms with Crippen molar-refractivity contribution < 1.29 is 14.6 Å². The number of likely N-dealkylation sites (N-methyl/N-ethyl adjacent to an activating group) is 1. The van der Waals surface area contributed by atoms with Gasteiger partial charge in [0.1, 0.15) is 18.5 Å². The number of methoxy groups -OCH3 is 1. The Balaban J connectivity index is 2.35. The zero-order valence-corrected chi connectivity index (χ0v) is 12.2. The Hall–Kier alpha value is -1.61. The van der Waals surface area contributed by atoms with Crippen molar-refractivity contribution in [1.82, 2.24) is 4.90 Å². The molecule has 1 aromatic rings. The van der Waals surface area contributed by atoms with Gasteiger partial charge in [0.05, 0.1) is 18.2 Å². The number of aliphatic hydroxyl groups is 1. The van der Waals surface area contributed by atoms with E-state index in [0.29, 0.717) is 24.5 Å². The van der Waals surface area contributed by atoms with Gasteiger partial charge in [-0.25, -0.2) is 0 Å². The normalized spacial score (nSPS) is 13.8. The Morgan fingerprint density at radius 3 is 2.50 bits per heavy atom. The monoisotopic (exact) mass is 278 g/mol. The second kappa shape index (κ2) is 8.54. The fourth-order valence-electron chi connectivity index (χ4n) is 1.75. The summed E-state index contributed by atoms with van der Waals surface area (Å²) in [7, 11) is 3.60. The Morgan fingerprint density at radius 2 is 1.95 bits per heavy atom. The first kappa shape index (κ1) is 16.4. The maximum atomic E-state index is 9.94. The molecule has 0 saturated heterocycles. The molecule has 20 heavy (non-hydrogen) atoms. The van der Waals surface area contributed by atoms with Crippen LogP contribution in [0, 0.1) is 11.3 Å². The van der Waals surface area contributed by atoms with E-state index >= 15 is 0 Å². The lowest BCUT2D eigenvalue weighted by Crippen LogP contribution is -2.40. The molecule has 1 rings (SSSR count). The minimum atomic E-state index is -0.574. The fraction of sp³-hybridized carbons (Fsp3) is 0.533. The minimum Gasteiger partial charge on any atom is -0.491 e. The molecule has 0 aromatic heterocycles. The van der Waals surface area contributed by atoms with Gasteiger partial charge in [-0.2, -0.15) is 5.26 Å². The molecule has 1 N–H and O–H groups in total. The summed E-state index contributed by atoms with van der Waals surface area (Å²) in [6.07, 6.45) is -0.574. The van der Waals surface area contributed by atoms with Crippen molar-refractivity contribution in [3.05, 3.63) is 29.8 Å². The van der Waals surface area contributed by atoms with Crippen LogP contribution in [0.15, 0.2) is 24.3 Å². The molecule has 0 aliphatic carbocycles. The lowest BCUT2D eigenvalue weighted by atomic mass is 10.2. The molecule has 1 aromatic carbocycles. The van der Waals surface area contributed by atoms with E-state index in [9.17, 15) is 5.11 Å². The Kier molecular flexibility index (Phi) is 7.02. The van der Waals surface area contributed by atoms with Crippen molar-refractivity contribution in [3.63, 3.8) is 0 Å². The van der Waals surface area contributed by atoms with E-state index in [2.05, 4.69) is 0 Å². The quantitative estimate of drug-likeness (QED) is 0.775. The first-order chi connectivity index (χ1) is 9.56. The van der Waals surface area contributed by atoms with Gasteiger partial charge in [-0.1, -0.05) is 0 Å². The molecule has 5 heteroatoms. The highest BCUT2D eigenvalue weighted by atomic mass is 16.5. The van der Waals surface area contributed by atoms with Crippen LogP contribution in [0.5, 0.6) is 5.75 Å². The molecule has 0 heterocycles. The number of benzene rings is 1. The van der Waals surface area contributed by atoms with Crippen molar-refractivity contribution in [1.29, 1.82) is 5.26 Å². The average Bonchev–Trinajstić information content (AvgIpc) is 2.45. The molecule has 0 spiro atoms. The molecule has 0 aliphatic heterocycles. The largest absolute Gasteiger partial charge is 0.491 e. The summed E-state index contributed by atoms with van der Waals surface area (Å²) in [5.41, 5.74) is 0.589. The summed E-state index contributed by atoms with van der Waals surface area (Å²) < 4.78 is 10.6. The lowest BCUT2D eigenvalue weighted by molar-refractivity contribution is 0.0466. The van der Waals surface area contributed by atoms with Gasteiger partial charge in [0.25, 0.3) is 0 Å². The number of nitrogens with zero attached hydrogens (tertiary/aromatic N) is 2. The zero-order chi connectivity index (χ0) is 15.0. The second-order valence-corrected chi connectivity index (χ2v) is 4.84. The number of ether oxygens (including phenoxy) is 2. The standard InChI is InChI=1S/C15H22N2O3/c1-12(10-19-3)17(2)9-14(18)11-20-15-6-4-13(8-16)5-7-15/h4-7,12,14,18H,9-11H2,1-3H3. The van der Waals surface area contributed by atoms with Crippen LogP contribution in [0.1, 0.15) is 12.5 Å². The summed E-state index contributed by atoms with van der Waals surface area (Å²) in [6.45, 7) is 3.40. The maximum absolute atomic E-state index is 9.94. The van der Waals surface area contributed by atoms with Crippen LogP contribution in [0.2, 0.25) is 0 Å². The summed E-state index contributed by atoms with van der Waals surface area (Å²) in [5.74, 6) is 0.649. The van der Waals surface area contributed by atoms with Crippen molar-refractivity contribution >= 4 is 0 Å². The van der Waals surface area contributed by atoms with E-state index in [0.717, 1.165) is 0 Å². The fourth-order valence-corrected chi connectivity index (χ4v) is 1.75. The predicted molar refractivity (Wildman–Crippen MR) is 76.6 cm³/mol. The van der Waals surface area contributed by atoms with Gasteiger partial charge >= 0.3 is 0 Å². The van der Waals surface area contributed by atoms with Crippen molar-refractivity contribution in [2.75, 3.05) is 33.9 Å². The van der Waals surface area contributed by atoms with Gasteiger partial charge in [0.2, 0.25) is 0 Å². The molecule has 0 radical (unpaired) electrons. The molecule has 2 unspecified atom stereocenters. The molecule has 5 nitrogen and oxygen atoms in total. The summed E-state index contributed by atoms with van der Waals surface area (Å²) in [5, 5.41) is 18.6. The zero-order valence-electron chi connectivity index (χ0n) is 12.2. The Morgan fingerprint density at radius 1 is 1.30 bits per heavy atom. The molecular formula is C15H22N2O3. The van der Waals surface area contributed by atoms with Gasteiger partial charge in [0.15, 0.2) is 0 Å². The summed E-state index contributed by atoms with van der Waals surface area (Å²) in [6, 6.07) is 9.11. The third-order valence-corrected chi connectivity index (χ3v) is 3.08. The van der Waals surface area contributed by atoms with Crippen LogP contribution in [-0.2, 0) is 4.74 Å². The minimum absolute atomic E-state index is 0.218. The first-order valence-corrected chi connectivity index (χ1v) is 6.57. The van der Waals surface area contributed by atoms with E-state index < -0.39 is 6.10 Å². The van der Waals surface area contributed by atoms with E-state index in [-0.39, 0.29) is 12.6 Å².